The van der Waals surface area contributed by atoms with Crippen LogP contribution in [0.3, 0.4) is 0 Å². The van der Waals surface area contributed by atoms with E-state index in [2.05, 4.69) is 15.1 Å². The fourth-order valence-electron chi connectivity index (χ4n) is 2.91. The molecule has 1 aromatic carbocycles. The summed E-state index contributed by atoms with van der Waals surface area (Å²) in [5, 5.41) is 19.6. The average molecular weight is 321 g/mol. The molecule has 2 heterocycles. The molecule has 6 nitrogen and oxygen atoms in total. The molecular weight excluding hydrogens is 304 g/mol. The van der Waals surface area contributed by atoms with Crippen molar-refractivity contribution in [2.45, 2.75) is 18.9 Å². The summed E-state index contributed by atoms with van der Waals surface area (Å²) in [6.45, 7) is 1.51. The first-order valence-electron chi connectivity index (χ1n) is 7.19. The Morgan fingerprint density at radius 1 is 1.27 bits per heavy atom. The fraction of sp³-hybridized carbons (Fsp3) is 0.400. The molecular formula is C15H17ClN4O2. The van der Waals surface area contributed by atoms with Crippen LogP contribution in [-0.2, 0) is 0 Å². The minimum absolute atomic E-state index is 0.0558. The van der Waals surface area contributed by atoms with Gasteiger partial charge in [-0.3, -0.25) is 0 Å². The van der Waals surface area contributed by atoms with Gasteiger partial charge in [0.15, 0.2) is 11.0 Å². The summed E-state index contributed by atoms with van der Waals surface area (Å²) in [4.78, 5) is 14.6. The topological polar surface area (TPSA) is 69.6 Å². The number of carboxylic acid groups (broad SMARTS) is 1. The van der Waals surface area contributed by atoms with E-state index in [1.54, 1.807) is 7.05 Å². The maximum atomic E-state index is 11.0. The Bertz CT molecular complexity index is 701. The lowest BCUT2D eigenvalue weighted by Gasteiger charge is -2.36. The number of piperidine rings is 1. The van der Waals surface area contributed by atoms with E-state index in [1.807, 2.05) is 24.3 Å². The quantitative estimate of drug-likeness (QED) is 0.921. The van der Waals surface area contributed by atoms with E-state index in [4.69, 9.17) is 16.7 Å². The lowest BCUT2D eigenvalue weighted by atomic mass is 10.0. The molecule has 0 bridgehead atoms. The van der Waals surface area contributed by atoms with Crippen molar-refractivity contribution < 1.29 is 9.90 Å². The summed E-state index contributed by atoms with van der Waals surface area (Å²) in [5.74, 6) is 0.816. The number of anilines is 1. The van der Waals surface area contributed by atoms with Gasteiger partial charge < -0.3 is 14.9 Å². The molecule has 0 atom stereocenters. The van der Waals surface area contributed by atoms with E-state index in [1.165, 1.54) is 4.90 Å². The van der Waals surface area contributed by atoms with Gasteiger partial charge in [-0.2, -0.15) is 0 Å². The largest absolute Gasteiger partial charge is 0.465 e. The van der Waals surface area contributed by atoms with Gasteiger partial charge in [0.2, 0.25) is 0 Å². The van der Waals surface area contributed by atoms with E-state index in [9.17, 15) is 4.79 Å². The summed E-state index contributed by atoms with van der Waals surface area (Å²) in [6.07, 6.45) is 0.679. The van der Waals surface area contributed by atoms with Crippen molar-refractivity contribution in [3.63, 3.8) is 0 Å². The number of fused-ring (bicyclic) bond motifs is 1. The Morgan fingerprint density at radius 3 is 2.55 bits per heavy atom. The van der Waals surface area contributed by atoms with Gasteiger partial charge in [-0.1, -0.05) is 35.9 Å². The van der Waals surface area contributed by atoms with Crippen LogP contribution in [0.25, 0.3) is 10.8 Å². The first-order chi connectivity index (χ1) is 10.6. The highest BCUT2D eigenvalue weighted by atomic mass is 35.5. The molecule has 0 spiro atoms. The van der Waals surface area contributed by atoms with Gasteiger partial charge in [-0.05, 0) is 12.8 Å². The second-order valence-electron chi connectivity index (χ2n) is 5.47. The third kappa shape index (κ3) is 2.66. The number of benzene rings is 1. The van der Waals surface area contributed by atoms with E-state index in [0.29, 0.717) is 5.15 Å². The highest BCUT2D eigenvalue weighted by Gasteiger charge is 2.26. The standard InChI is InChI=1S/C15H17ClN4O2/c1-19(15(21)22)10-6-8-20(9-7-10)14-12-5-3-2-4-11(12)13(16)17-18-14/h2-5,10H,6-9H2,1H3,(H,21,22). The average Bonchev–Trinajstić information content (AvgIpc) is 2.55. The Labute approximate surface area is 133 Å². The van der Waals surface area contributed by atoms with Crippen molar-refractivity contribution in [2.24, 2.45) is 0 Å². The molecule has 0 aliphatic carbocycles. The molecule has 1 saturated heterocycles. The van der Waals surface area contributed by atoms with Crippen LogP contribution in [-0.4, -0.2) is 52.5 Å². The molecule has 116 valence electrons. The summed E-state index contributed by atoms with van der Waals surface area (Å²) >= 11 is 6.10. The highest BCUT2D eigenvalue weighted by molar-refractivity contribution is 6.34. The first kappa shape index (κ1) is 14.8. The fourth-order valence-corrected chi connectivity index (χ4v) is 3.11. The zero-order valence-corrected chi connectivity index (χ0v) is 13.0. The van der Waals surface area contributed by atoms with Crippen LogP contribution < -0.4 is 4.90 Å². The van der Waals surface area contributed by atoms with Crippen LogP contribution >= 0.6 is 11.6 Å². The molecule has 1 aromatic heterocycles. The Kier molecular flexibility index (Phi) is 4.02. The number of hydrogen-bond donors (Lipinski definition) is 1. The van der Waals surface area contributed by atoms with Crippen molar-refractivity contribution in [3.05, 3.63) is 29.4 Å². The van der Waals surface area contributed by atoms with Gasteiger partial charge >= 0.3 is 6.09 Å². The summed E-state index contributed by atoms with van der Waals surface area (Å²) < 4.78 is 0. The van der Waals surface area contributed by atoms with Crippen molar-refractivity contribution in [1.29, 1.82) is 0 Å². The van der Waals surface area contributed by atoms with Crippen LogP contribution in [0.2, 0.25) is 5.15 Å². The van der Waals surface area contributed by atoms with Gasteiger partial charge in [-0.25, -0.2) is 4.79 Å². The monoisotopic (exact) mass is 320 g/mol. The SMILES string of the molecule is CN(C(=O)O)C1CCN(c2nnc(Cl)c3ccccc23)CC1. The Morgan fingerprint density at radius 2 is 1.91 bits per heavy atom. The molecule has 0 radical (unpaired) electrons. The number of rotatable bonds is 2. The molecule has 1 aliphatic heterocycles. The normalized spacial score (nSPS) is 16.0. The second-order valence-corrected chi connectivity index (χ2v) is 5.83. The van der Waals surface area contributed by atoms with Gasteiger partial charge in [0.05, 0.1) is 0 Å². The third-order valence-corrected chi connectivity index (χ3v) is 4.52. The van der Waals surface area contributed by atoms with Crippen LogP contribution in [0, 0.1) is 0 Å². The predicted molar refractivity (Wildman–Crippen MR) is 85.6 cm³/mol. The van der Waals surface area contributed by atoms with Gasteiger partial charge in [0.25, 0.3) is 0 Å². The van der Waals surface area contributed by atoms with Crippen molar-refractivity contribution in [3.8, 4) is 0 Å². The molecule has 0 saturated carbocycles. The van der Waals surface area contributed by atoms with Crippen LogP contribution in [0.5, 0.6) is 0 Å². The van der Waals surface area contributed by atoms with E-state index in [0.717, 1.165) is 42.5 Å². The van der Waals surface area contributed by atoms with Crippen molar-refractivity contribution >= 4 is 34.3 Å². The lowest BCUT2D eigenvalue weighted by molar-refractivity contribution is 0.131. The molecule has 2 aromatic rings. The molecule has 1 fully saturated rings. The molecule has 3 rings (SSSR count). The third-order valence-electron chi connectivity index (χ3n) is 4.24. The highest BCUT2D eigenvalue weighted by Crippen LogP contribution is 2.30. The predicted octanol–water partition coefficient (Wildman–Crippen LogP) is 2.86. The van der Waals surface area contributed by atoms with Crippen molar-refractivity contribution in [1.82, 2.24) is 15.1 Å². The molecule has 1 N–H and O–H groups in total. The molecule has 7 heteroatoms. The van der Waals surface area contributed by atoms with E-state index in [-0.39, 0.29) is 6.04 Å². The summed E-state index contributed by atoms with van der Waals surface area (Å²) in [5.41, 5.74) is 0. The lowest BCUT2D eigenvalue weighted by Crippen LogP contribution is -2.45. The number of hydrogen-bond acceptors (Lipinski definition) is 4. The smallest absolute Gasteiger partial charge is 0.407 e. The number of amides is 1. The minimum atomic E-state index is -0.879. The van der Waals surface area contributed by atoms with Crippen molar-refractivity contribution in [2.75, 3.05) is 25.0 Å². The van der Waals surface area contributed by atoms with Gasteiger partial charge in [0.1, 0.15) is 0 Å². The molecule has 0 unspecified atom stereocenters. The summed E-state index contributed by atoms with van der Waals surface area (Å²) in [7, 11) is 1.63. The maximum Gasteiger partial charge on any atom is 0.407 e. The zero-order chi connectivity index (χ0) is 15.7. The van der Waals surface area contributed by atoms with Gasteiger partial charge in [0, 0.05) is 37.0 Å². The minimum Gasteiger partial charge on any atom is -0.465 e. The zero-order valence-electron chi connectivity index (χ0n) is 12.2. The Balaban J connectivity index is 1.83. The molecule has 22 heavy (non-hydrogen) atoms. The Hall–Kier alpha value is -2.08. The first-order valence-corrected chi connectivity index (χ1v) is 7.57. The van der Waals surface area contributed by atoms with Gasteiger partial charge in [-0.15, -0.1) is 10.2 Å². The molecule has 1 amide bonds. The van der Waals surface area contributed by atoms with Crippen LogP contribution in [0.15, 0.2) is 24.3 Å². The number of carbonyl (C=O) groups is 1. The van der Waals surface area contributed by atoms with Crippen LogP contribution in [0.1, 0.15) is 12.8 Å². The molecule has 1 aliphatic rings. The second kappa shape index (κ2) is 5.96. The van der Waals surface area contributed by atoms with E-state index >= 15 is 0 Å². The maximum absolute atomic E-state index is 11.0. The number of nitrogens with zero attached hydrogens (tertiary/aromatic N) is 4. The van der Waals surface area contributed by atoms with E-state index < -0.39 is 6.09 Å². The number of halogens is 1. The van der Waals surface area contributed by atoms with Crippen LogP contribution in [0.4, 0.5) is 10.6 Å². The number of aromatic nitrogens is 2. The summed E-state index contributed by atoms with van der Waals surface area (Å²) in [6, 6.07) is 7.85.